The van der Waals surface area contributed by atoms with Crippen LogP contribution >= 0.6 is 27.5 Å². The van der Waals surface area contributed by atoms with Crippen molar-refractivity contribution in [2.45, 2.75) is 26.9 Å². The molecule has 1 atom stereocenters. The fraction of sp³-hybridized carbons (Fsp3) is 0.294. The van der Waals surface area contributed by atoms with Crippen molar-refractivity contribution in [3.63, 3.8) is 0 Å². The Kier molecular flexibility index (Phi) is 7.79. The highest BCUT2D eigenvalue weighted by Crippen LogP contribution is 2.31. The van der Waals surface area contributed by atoms with Gasteiger partial charge in [-0.3, -0.25) is 0 Å². The van der Waals surface area contributed by atoms with Crippen LogP contribution < -0.4 is 4.74 Å². The Bertz CT molecular complexity index is 555. The minimum atomic E-state index is -0.749. The predicted octanol–water partition coefficient (Wildman–Crippen LogP) is 5.61. The van der Waals surface area contributed by atoms with Gasteiger partial charge in [0.05, 0.1) is 6.61 Å². The van der Waals surface area contributed by atoms with Crippen LogP contribution in [0, 0.1) is 0 Å². The summed E-state index contributed by atoms with van der Waals surface area (Å²) in [5.74, 6) is 0.791. The Morgan fingerprint density at radius 1 is 1.14 bits per heavy atom. The number of benzene rings is 2. The van der Waals surface area contributed by atoms with Crippen molar-refractivity contribution < 1.29 is 9.84 Å². The minimum Gasteiger partial charge on any atom is -0.494 e. The van der Waals surface area contributed by atoms with Gasteiger partial charge >= 0.3 is 0 Å². The van der Waals surface area contributed by atoms with Crippen LogP contribution in [0.4, 0.5) is 0 Å². The van der Waals surface area contributed by atoms with Gasteiger partial charge in [0.2, 0.25) is 0 Å². The monoisotopic (exact) mass is 370 g/mol. The van der Waals surface area contributed by atoms with Crippen molar-refractivity contribution in [2.24, 2.45) is 0 Å². The molecule has 0 saturated heterocycles. The summed E-state index contributed by atoms with van der Waals surface area (Å²) in [6.07, 6.45) is -0.749. The van der Waals surface area contributed by atoms with E-state index < -0.39 is 6.10 Å². The molecule has 0 amide bonds. The highest BCUT2D eigenvalue weighted by Gasteiger charge is 2.14. The third-order valence-electron chi connectivity index (χ3n) is 2.76. The van der Waals surface area contributed by atoms with Gasteiger partial charge in [0.15, 0.2) is 0 Å². The van der Waals surface area contributed by atoms with E-state index in [2.05, 4.69) is 15.9 Å². The second-order valence-electron chi connectivity index (χ2n) is 4.07. The second kappa shape index (κ2) is 9.08. The molecule has 0 bridgehead atoms. The molecule has 0 aromatic heterocycles. The molecule has 0 fully saturated rings. The molecule has 0 aliphatic rings. The van der Waals surface area contributed by atoms with Gasteiger partial charge in [0.1, 0.15) is 11.9 Å². The molecular formula is C17H20BrClO2. The zero-order valence-corrected chi connectivity index (χ0v) is 14.8. The third-order valence-corrected chi connectivity index (χ3v) is 3.60. The fourth-order valence-corrected chi connectivity index (χ4v) is 2.42. The van der Waals surface area contributed by atoms with E-state index >= 15 is 0 Å². The largest absolute Gasteiger partial charge is 0.494 e. The lowest BCUT2D eigenvalue weighted by atomic mass is 10.0. The summed E-state index contributed by atoms with van der Waals surface area (Å²) in [5, 5.41) is 10.9. The van der Waals surface area contributed by atoms with E-state index in [9.17, 15) is 5.11 Å². The highest BCUT2D eigenvalue weighted by molar-refractivity contribution is 9.10. The molecule has 0 heterocycles. The Morgan fingerprint density at radius 3 is 2.33 bits per heavy atom. The molecule has 1 unspecified atom stereocenters. The average Bonchev–Trinajstić information content (AvgIpc) is 2.52. The Labute approximate surface area is 139 Å². The first-order valence-electron chi connectivity index (χ1n) is 6.97. The molecule has 0 saturated carbocycles. The summed E-state index contributed by atoms with van der Waals surface area (Å²) in [6.45, 7) is 6.56. The average molecular weight is 372 g/mol. The van der Waals surface area contributed by atoms with E-state index in [1.165, 1.54) is 0 Å². The normalized spacial score (nSPS) is 11.3. The summed E-state index contributed by atoms with van der Waals surface area (Å²) in [5.41, 5.74) is 1.46. The Hall–Kier alpha value is -1.03. The third kappa shape index (κ3) is 5.03. The zero-order valence-electron chi connectivity index (χ0n) is 12.4. The maximum atomic E-state index is 10.4. The number of rotatable bonds is 4. The van der Waals surface area contributed by atoms with Crippen LogP contribution in [0.5, 0.6) is 5.75 Å². The summed E-state index contributed by atoms with van der Waals surface area (Å²) >= 11 is 9.50. The molecular weight excluding hydrogens is 352 g/mol. The van der Waals surface area contributed by atoms with Crippen molar-refractivity contribution in [1.29, 1.82) is 0 Å². The minimum absolute atomic E-state index is 0.546. The molecule has 2 aromatic carbocycles. The van der Waals surface area contributed by atoms with Gasteiger partial charge in [0.25, 0.3) is 0 Å². The summed E-state index contributed by atoms with van der Waals surface area (Å²) in [7, 11) is 0. The van der Waals surface area contributed by atoms with Crippen LogP contribution in [0.3, 0.4) is 0 Å². The lowest BCUT2D eigenvalue weighted by Crippen LogP contribution is -2.01. The van der Waals surface area contributed by atoms with Gasteiger partial charge in [-0.2, -0.15) is 0 Å². The summed E-state index contributed by atoms with van der Waals surface area (Å²) in [4.78, 5) is 0. The van der Waals surface area contributed by atoms with Crippen molar-refractivity contribution in [3.8, 4) is 5.75 Å². The Balaban J connectivity index is 0.00000106. The van der Waals surface area contributed by atoms with Crippen LogP contribution in [-0.2, 0) is 0 Å². The van der Waals surface area contributed by atoms with E-state index in [1.807, 2.05) is 57.2 Å². The first kappa shape index (κ1) is 18.0. The van der Waals surface area contributed by atoms with Crippen molar-refractivity contribution in [3.05, 3.63) is 63.1 Å². The quantitative estimate of drug-likeness (QED) is 0.757. The van der Waals surface area contributed by atoms with Gasteiger partial charge in [-0.15, -0.1) is 0 Å². The van der Waals surface area contributed by atoms with Gasteiger partial charge in [-0.25, -0.2) is 0 Å². The molecule has 0 aliphatic heterocycles. The van der Waals surface area contributed by atoms with Gasteiger partial charge < -0.3 is 9.84 Å². The molecule has 0 spiro atoms. The van der Waals surface area contributed by atoms with Gasteiger partial charge in [0, 0.05) is 15.1 Å². The fourth-order valence-electron chi connectivity index (χ4n) is 1.82. The number of aliphatic hydroxyl groups is 1. The van der Waals surface area contributed by atoms with Gasteiger partial charge in [-0.05, 0) is 42.8 Å². The molecule has 0 aliphatic carbocycles. The van der Waals surface area contributed by atoms with Gasteiger partial charge in [-0.1, -0.05) is 53.5 Å². The SMILES string of the molecule is CC.CCOc1ccc(C(O)c2cc(Br)ccc2Cl)cc1. The Morgan fingerprint density at radius 2 is 1.76 bits per heavy atom. The van der Waals surface area contributed by atoms with Crippen LogP contribution in [0.25, 0.3) is 0 Å². The topological polar surface area (TPSA) is 29.5 Å². The maximum absolute atomic E-state index is 10.4. The summed E-state index contributed by atoms with van der Waals surface area (Å²) in [6, 6.07) is 12.8. The van der Waals surface area contributed by atoms with Crippen LogP contribution in [0.15, 0.2) is 46.9 Å². The number of halogens is 2. The standard InChI is InChI=1S/C15H14BrClO2.C2H6/c1-2-19-12-6-3-10(4-7-12)15(18)13-9-11(16)5-8-14(13)17;1-2/h3-9,15,18H,2H2,1H3;1-2H3. The summed E-state index contributed by atoms with van der Waals surface area (Å²) < 4.78 is 6.26. The number of hydrogen-bond donors (Lipinski definition) is 1. The first-order chi connectivity index (χ1) is 10.1. The predicted molar refractivity (Wildman–Crippen MR) is 92.2 cm³/mol. The van der Waals surface area contributed by atoms with E-state index in [-0.39, 0.29) is 0 Å². The smallest absolute Gasteiger partial charge is 0.119 e. The van der Waals surface area contributed by atoms with E-state index in [0.717, 1.165) is 15.8 Å². The van der Waals surface area contributed by atoms with Crippen LogP contribution in [0.1, 0.15) is 38.0 Å². The first-order valence-corrected chi connectivity index (χ1v) is 8.14. The number of ether oxygens (including phenoxy) is 1. The van der Waals surface area contributed by atoms with Crippen molar-refractivity contribution in [2.75, 3.05) is 6.61 Å². The maximum Gasteiger partial charge on any atom is 0.119 e. The van der Waals surface area contributed by atoms with E-state index in [1.54, 1.807) is 6.07 Å². The number of aliphatic hydroxyl groups excluding tert-OH is 1. The lowest BCUT2D eigenvalue weighted by molar-refractivity contribution is 0.220. The highest BCUT2D eigenvalue weighted by atomic mass is 79.9. The van der Waals surface area contributed by atoms with Crippen molar-refractivity contribution in [1.82, 2.24) is 0 Å². The van der Waals surface area contributed by atoms with E-state index in [0.29, 0.717) is 17.2 Å². The lowest BCUT2D eigenvalue weighted by Gasteiger charge is -2.14. The molecule has 4 heteroatoms. The molecule has 1 N–H and O–H groups in total. The molecule has 114 valence electrons. The molecule has 2 nitrogen and oxygen atoms in total. The van der Waals surface area contributed by atoms with Crippen LogP contribution in [0.2, 0.25) is 5.02 Å². The number of hydrogen-bond acceptors (Lipinski definition) is 2. The van der Waals surface area contributed by atoms with Crippen molar-refractivity contribution >= 4 is 27.5 Å². The van der Waals surface area contributed by atoms with E-state index in [4.69, 9.17) is 16.3 Å². The zero-order chi connectivity index (χ0) is 15.8. The second-order valence-corrected chi connectivity index (χ2v) is 5.39. The molecule has 21 heavy (non-hydrogen) atoms. The molecule has 0 radical (unpaired) electrons. The molecule has 2 aromatic rings. The van der Waals surface area contributed by atoms with Crippen LogP contribution in [-0.4, -0.2) is 11.7 Å². The molecule has 2 rings (SSSR count).